The van der Waals surface area contributed by atoms with Gasteiger partial charge in [-0.1, -0.05) is 0 Å². The van der Waals surface area contributed by atoms with Crippen molar-refractivity contribution >= 4 is 5.91 Å². The molecule has 1 amide bonds. The van der Waals surface area contributed by atoms with E-state index in [4.69, 9.17) is 0 Å². The summed E-state index contributed by atoms with van der Waals surface area (Å²) in [5, 5.41) is 6.31. The van der Waals surface area contributed by atoms with Crippen molar-refractivity contribution in [3.05, 3.63) is 0 Å². The number of hydrogen-bond donors (Lipinski definition) is 2. The van der Waals surface area contributed by atoms with Crippen LogP contribution in [0.4, 0.5) is 0 Å². The van der Waals surface area contributed by atoms with Gasteiger partial charge in [-0.05, 0) is 25.3 Å². The van der Waals surface area contributed by atoms with Gasteiger partial charge < -0.3 is 10.6 Å². The second kappa shape index (κ2) is 2.81. The van der Waals surface area contributed by atoms with E-state index < -0.39 is 0 Å². The summed E-state index contributed by atoms with van der Waals surface area (Å²) in [7, 11) is 0. The van der Waals surface area contributed by atoms with Crippen molar-refractivity contribution in [3.63, 3.8) is 0 Å². The maximum absolute atomic E-state index is 11.0. The summed E-state index contributed by atoms with van der Waals surface area (Å²) in [6.45, 7) is 2.09. The zero-order valence-electron chi connectivity index (χ0n) is 6.60. The summed E-state index contributed by atoms with van der Waals surface area (Å²) in [6.07, 6.45) is 3.06. The minimum Gasteiger partial charge on any atom is -0.352 e. The molecule has 2 unspecified atom stereocenters. The van der Waals surface area contributed by atoms with Crippen molar-refractivity contribution in [3.8, 4) is 0 Å². The lowest BCUT2D eigenvalue weighted by atomic mass is 9.85. The zero-order valence-corrected chi connectivity index (χ0v) is 6.60. The Labute approximate surface area is 66.5 Å². The van der Waals surface area contributed by atoms with Crippen LogP contribution in [0.25, 0.3) is 0 Å². The molecule has 0 bridgehead atoms. The van der Waals surface area contributed by atoms with E-state index in [1.807, 2.05) is 0 Å². The fraction of sp³-hybridized carbons (Fsp3) is 0.875. The Kier molecular flexibility index (Phi) is 1.82. The number of rotatable bonds is 0. The molecule has 0 aromatic heterocycles. The van der Waals surface area contributed by atoms with E-state index in [1.54, 1.807) is 0 Å². The van der Waals surface area contributed by atoms with Crippen molar-refractivity contribution in [2.75, 3.05) is 13.1 Å². The molecule has 0 aromatic rings. The van der Waals surface area contributed by atoms with Crippen LogP contribution in [-0.2, 0) is 4.79 Å². The summed E-state index contributed by atoms with van der Waals surface area (Å²) in [4.78, 5) is 11.0. The van der Waals surface area contributed by atoms with Crippen LogP contribution in [0.15, 0.2) is 0 Å². The Bertz CT molecular complexity index is 169. The normalized spacial score (nSPS) is 37.6. The first-order valence-electron chi connectivity index (χ1n) is 4.36. The zero-order chi connectivity index (χ0) is 7.68. The molecule has 0 saturated carbocycles. The van der Waals surface area contributed by atoms with E-state index >= 15 is 0 Å². The predicted octanol–water partition coefficient (Wildman–Crippen LogP) is -0.126. The monoisotopic (exact) mass is 154 g/mol. The number of fused-ring (bicyclic) bond motifs is 1. The molecule has 0 aromatic carbocycles. The molecule has 0 radical (unpaired) electrons. The molecule has 2 atom stereocenters. The summed E-state index contributed by atoms with van der Waals surface area (Å²) in [6, 6.07) is 0.421. The van der Waals surface area contributed by atoms with Gasteiger partial charge in [0.25, 0.3) is 0 Å². The molecule has 0 aliphatic carbocycles. The van der Waals surface area contributed by atoms with E-state index in [0.717, 1.165) is 31.8 Å². The number of carbonyl (C=O) groups is 1. The minimum atomic E-state index is 0.231. The highest BCUT2D eigenvalue weighted by Gasteiger charge is 2.30. The molecule has 2 aliphatic rings. The number of amides is 1. The molecule has 62 valence electrons. The fourth-order valence-corrected chi connectivity index (χ4v) is 2.02. The minimum absolute atomic E-state index is 0.231. The van der Waals surface area contributed by atoms with Gasteiger partial charge >= 0.3 is 0 Å². The van der Waals surface area contributed by atoms with Gasteiger partial charge in [-0.3, -0.25) is 4.79 Å². The van der Waals surface area contributed by atoms with E-state index in [0.29, 0.717) is 6.04 Å². The molecule has 2 rings (SSSR count). The number of carbonyl (C=O) groups excluding carboxylic acids is 1. The summed E-state index contributed by atoms with van der Waals surface area (Å²) >= 11 is 0. The van der Waals surface area contributed by atoms with Gasteiger partial charge in [0.15, 0.2) is 0 Å². The summed E-state index contributed by atoms with van der Waals surface area (Å²) < 4.78 is 0. The van der Waals surface area contributed by atoms with Gasteiger partial charge in [-0.15, -0.1) is 0 Å². The maximum Gasteiger partial charge on any atom is 0.220 e. The molecule has 11 heavy (non-hydrogen) atoms. The largest absolute Gasteiger partial charge is 0.352 e. The first-order chi connectivity index (χ1) is 5.36. The summed E-state index contributed by atoms with van der Waals surface area (Å²) in [5.41, 5.74) is 0. The third kappa shape index (κ3) is 1.38. The van der Waals surface area contributed by atoms with Crippen LogP contribution in [0.3, 0.4) is 0 Å². The molecular formula is C8H14N2O. The number of piperidine rings is 2. The topological polar surface area (TPSA) is 41.1 Å². The highest BCUT2D eigenvalue weighted by atomic mass is 16.1. The second-order valence-electron chi connectivity index (χ2n) is 3.47. The van der Waals surface area contributed by atoms with E-state index in [1.165, 1.54) is 6.42 Å². The van der Waals surface area contributed by atoms with E-state index in [9.17, 15) is 4.79 Å². The van der Waals surface area contributed by atoms with Crippen LogP contribution in [0, 0.1) is 5.92 Å². The Morgan fingerprint density at radius 3 is 3.18 bits per heavy atom. The van der Waals surface area contributed by atoms with Gasteiger partial charge in [-0.2, -0.15) is 0 Å². The Morgan fingerprint density at radius 2 is 2.27 bits per heavy atom. The molecule has 2 fully saturated rings. The first kappa shape index (κ1) is 7.10. The van der Waals surface area contributed by atoms with Crippen molar-refractivity contribution in [2.45, 2.75) is 25.3 Å². The predicted molar refractivity (Wildman–Crippen MR) is 42.1 cm³/mol. The van der Waals surface area contributed by atoms with Gasteiger partial charge in [0.1, 0.15) is 0 Å². The Balaban J connectivity index is 1.98. The third-order valence-corrected chi connectivity index (χ3v) is 2.71. The molecule has 2 N–H and O–H groups in total. The highest BCUT2D eigenvalue weighted by molar-refractivity contribution is 5.77. The lowest BCUT2D eigenvalue weighted by molar-refractivity contribution is -0.124. The van der Waals surface area contributed by atoms with Gasteiger partial charge in [0.2, 0.25) is 5.91 Å². The highest BCUT2D eigenvalue weighted by Crippen LogP contribution is 2.22. The van der Waals surface area contributed by atoms with E-state index in [-0.39, 0.29) is 5.91 Å². The van der Waals surface area contributed by atoms with E-state index in [2.05, 4.69) is 10.6 Å². The molecule has 2 aliphatic heterocycles. The smallest absolute Gasteiger partial charge is 0.220 e. The van der Waals surface area contributed by atoms with Crippen LogP contribution in [0.2, 0.25) is 0 Å². The SMILES string of the molecule is O=C1CCC2CCNCC2N1. The molecule has 3 nitrogen and oxygen atoms in total. The number of nitrogens with one attached hydrogen (secondary N) is 2. The van der Waals surface area contributed by atoms with Gasteiger partial charge in [0.05, 0.1) is 0 Å². The lowest BCUT2D eigenvalue weighted by Crippen LogP contribution is -2.53. The van der Waals surface area contributed by atoms with Crippen LogP contribution < -0.4 is 10.6 Å². The van der Waals surface area contributed by atoms with Gasteiger partial charge in [-0.25, -0.2) is 0 Å². The summed E-state index contributed by atoms with van der Waals surface area (Å²) in [5.74, 6) is 0.976. The molecule has 2 heterocycles. The van der Waals surface area contributed by atoms with Crippen LogP contribution in [-0.4, -0.2) is 25.0 Å². The Hall–Kier alpha value is -0.570. The molecule has 3 heteroatoms. The quantitative estimate of drug-likeness (QED) is 0.510. The number of hydrogen-bond acceptors (Lipinski definition) is 2. The van der Waals surface area contributed by atoms with Crippen LogP contribution >= 0.6 is 0 Å². The average Bonchev–Trinajstić information content (AvgIpc) is 2.04. The maximum atomic E-state index is 11.0. The van der Waals surface area contributed by atoms with Crippen LogP contribution in [0.5, 0.6) is 0 Å². The molecule has 2 saturated heterocycles. The van der Waals surface area contributed by atoms with Crippen molar-refractivity contribution < 1.29 is 4.79 Å². The van der Waals surface area contributed by atoms with Crippen LogP contribution in [0.1, 0.15) is 19.3 Å². The standard InChI is InChI=1S/C8H14N2O/c11-8-2-1-6-3-4-9-5-7(6)10-8/h6-7,9H,1-5H2,(H,10,11). The van der Waals surface area contributed by atoms with Gasteiger partial charge in [0, 0.05) is 19.0 Å². The fourth-order valence-electron chi connectivity index (χ4n) is 2.02. The van der Waals surface area contributed by atoms with Crippen molar-refractivity contribution in [1.82, 2.24) is 10.6 Å². The van der Waals surface area contributed by atoms with Crippen molar-refractivity contribution in [2.24, 2.45) is 5.92 Å². The molecular weight excluding hydrogens is 140 g/mol. The lowest BCUT2D eigenvalue weighted by Gasteiger charge is -2.36. The first-order valence-corrected chi connectivity index (χ1v) is 4.36. The average molecular weight is 154 g/mol. The van der Waals surface area contributed by atoms with Crippen molar-refractivity contribution in [1.29, 1.82) is 0 Å². The second-order valence-corrected chi connectivity index (χ2v) is 3.47. The molecule has 0 spiro atoms. The third-order valence-electron chi connectivity index (χ3n) is 2.71. The Morgan fingerprint density at radius 1 is 1.36 bits per heavy atom.